The van der Waals surface area contributed by atoms with Crippen LogP contribution in [0.3, 0.4) is 0 Å². The molecule has 0 aromatic heterocycles. The third-order valence-corrected chi connectivity index (χ3v) is 7.26. The van der Waals surface area contributed by atoms with Crippen molar-refractivity contribution in [2.75, 3.05) is 25.6 Å². The quantitative estimate of drug-likeness (QED) is 0.477. The second-order valence-electron chi connectivity index (χ2n) is 8.57. The fourth-order valence-electron chi connectivity index (χ4n) is 4.29. The SMILES string of the molecule is CN=C(c1ccc(OC)c(Cl)c1)N1CCC(C)(C)c2cc(C3=NNC(=O)SC3C)ccc21. The van der Waals surface area contributed by atoms with E-state index in [1.165, 1.54) is 17.3 Å². The van der Waals surface area contributed by atoms with Crippen molar-refractivity contribution in [2.45, 2.75) is 37.9 Å². The summed E-state index contributed by atoms with van der Waals surface area (Å²) in [6.07, 6.45) is 0.972. The number of anilines is 1. The van der Waals surface area contributed by atoms with Crippen LogP contribution in [0.15, 0.2) is 46.5 Å². The van der Waals surface area contributed by atoms with E-state index in [9.17, 15) is 4.79 Å². The van der Waals surface area contributed by atoms with Crippen LogP contribution in [0.5, 0.6) is 5.75 Å². The molecule has 0 bridgehead atoms. The van der Waals surface area contributed by atoms with Gasteiger partial charge in [0, 0.05) is 24.8 Å². The van der Waals surface area contributed by atoms with Gasteiger partial charge in [-0.15, -0.1) is 0 Å². The van der Waals surface area contributed by atoms with Crippen LogP contribution in [0.25, 0.3) is 0 Å². The maximum absolute atomic E-state index is 11.6. The molecule has 1 N–H and O–H groups in total. The average Bonchev–Trinajstić information content (AvgIpc) is 2.76. The van der Waals surface area contributed by atoms with Crippen LogP contribution in [0.2, 0.25) is 5.02 Å². The lowest BCUT2D eigenvalue weighted by molar-refractivity contribution is 0.261. The van der Waals surface area contributed by atoms with E-state index < -0.39 is 0 Å². The Morgan fingerprint density at radius 2 is 2.09 bits per heavy atom. The number of benzene rings is 2. The largest absolute Gasteiger partial charge is 0.495 e. The molecule has 0 saturated heterocycles. The molecule has 0 radical (unpaired) electrons. The van der Waals surface area contributed by atoms with Crippen molar-refractivity contribution in [2.24, 2.45) is 10.1 Å². The zero-order valence-corrected chi connectivity index (χ0v) is 20.5. The number of nitrogens with zero attached hydrogens (tertiary/aromatic N) is 3. The number of aliphatic imine (C=N–C) groups is 1. The Kier molecular flexibility index (Phi) is 6.23. The van der Waals surface area contributed by atoms with Crippen molar-refractivity contribution in [3.8, 4) is 5.75 Å². The molecular formula is C24H27ClN4O2S. The highest BCUT2D eigenvalue weighted by atomic mass is 35.5. The summed E-state index contributed by atoms with van der Waals surface area (Å²) >= 11 is 7.66. The second kappa shape index (κ2) is 8.79. The molecule has 1 unspecified atom stereocenters. The molecule has 168 valence electrons. The Labute approximate surface area is 198 Å². The third-order valence-electron chi connectivity index (χ3n) is 6.09. The number of nitrogens with one attached hydrogen (secondary N) is 1. The van der Waals surface area contributed by atoms with E-state index in [1.54, 1.807) is 14.2 Å². The number of halogens is 1. The van der Waals surface area contributed by atoms with Gasteiger partial charge >= 0.3 is 0 Å². The van der Waals surface area contributed by atoms with Crippen molar-refractivity contribution in [3.63, 3.8) is 0 Å². The number of ether oxygens (including phenoxy) is 1. The summed E-state index contributed by atoms with van der Waals surface area (Å²) in [5, 5.41) is 4.77. The van der Waals surface area contributed by atoms with Crippen molar-refractivity contribution in [3.05, 3.63) is 58.1 Å². The van der Waals surface area contributed by atoms with Gasteiger partial charge in [0.05, 0.1) is 23.1 Å². The van der Waals surface area contributed by atoms with Crippen LogP contribution in [-0.2, 0) is 5.41 Å². The minimum absolute atomic E-state index is 0.00110. The molecule has 0 aliphatic carbocycles. The van der Waals surface area contributed by atoms with Gasteiger partial charge in [0.25, 0.3) is 5.24 Å². The van der Waals surface area contributed by atoms with Crippen LogP contribution < -0.4 is 15.1 Å². The molecular weight excluding hydrogens is 444 g/mol. The van der Waals surface area contributed by atoms with E-state index in [4.69, 9.17) is 16.3 Å². The molecule has 2 aliphatic rings. The predicted octanol–water partition coefficient (Wildman–Crippen LogP) is 5.46. The molecule has 6 nitrogen and oxygen atoms in total. The second-order valence-corrected chi connectivity index (χ2v) is 10.3. The molecule has 8 heteroatoms. The molecule has 1 amide bonds. The van der Waals surface area contributed by atoms with E-state index in [0.717, 1.165) is 41.3 Å². The smallest absolute Gasteiger partial charge is 0.299 e. The monoisotopic (exact) mass is 470 g/mol. The number of hydrogen-bond donors (Lipinski definition) is 1. The van der Waals surface area contributed by atoms with Gasteiger partial charge in [0.15, 0.2) is 0 Å². The number of hydrazone groups is 1. The van der Waals surface area contributed by atoms with Gasteiger partial charge in [-0.05, 0) is 60.2 Å². The van der Waals surface area contributed by atoms with Crippen LogP contribution in [0, 0.1) is 0 Å². The summed E-state index contributed by atoms with van der Waals surface area (Å²) in [6.45, 7) is 7.39. The van der Waals surface area contributed by atoms with Crippen molar-refractivity contribution in [1.29, 1.82) is 0 Å². The first-order chi connectivity index (χ1) is 15.2. The first-order valence-electron chi connectivity index (χ1n) is 10.5. The summed E-state index contributed by atoms with van der Waals surface area (Å²) in [4.78, 5) is 18.5. The zero-order valence-electron chi connectivity index (χ0n) is 18.9. The predicted molar refractivity (Wildman–Crippen MR) is 134 cm³/mol. The molecule has 2 aliphatic heterocycles. The number of hydrogen-bond acceptors (Lipinski definition) is 5. The number of thioether (sulfide) groups is 1. The number of amides is 1. The van der Waals surface area contributed by atoms with Gasteiger partial charge in [-0.25, -0.2) is 5.43 Å². The van der Waals surface area contributed by atoms with E-state index in [-0.39, 0.29) is 15.9 Å². The fraction of sp³-hybridized carbons (Fsp3) is 0.375. The molecule has 1 atom stereocenters. The van der Waals surface area contributed by atoms with Gasteiger partial charge < -0.3 is 9.64 Å². The maximum atomic E-state index is 11.6. The van der Waals surface area contributed by atoms with E-state index in [0.29, 0.717) is 10.8 Å². The average molecular weight is 471 g/mol. The molecule has 2 heterocycles. The Morgan fingerprint density at radius 3 is 2.75 bits per heavy atom. The highest BCUT2D eigenvalue weighted by Crippen LogP contribution is 2.41. The Balaban J connectivity index is 1.76. The molecule has 32 heavy (non-hydrogen) atoms. The molecule has 2 aromatic carbocycles. The van der Waals surface area contributed by atoms with E-state index in [1.807, 2.05) is 25.1 Å². The van der Waals surface area contributed by atoms with Crippen molar-refractivity contribution >= 4 is 45.8 Å². The standard InChI is InChI=1S/C24H27ClN4O2S/c1-14-21(27-28-23(30)32-14)15-6-8-19-17(12-15)24(2,3)10-11-29(19)22(26-4)16-7-9-20(31-5)18(25)13-16/h6-9,12-14H,10-11H2,1-5H3,(H,28,30). The minimum atomic E-state index is -0.118. The molecule has 2 aromatic rings. The Bertz CT molecular complexity index is 1130. The lowest BCUT2D eigenvalue weighted by atomic mass is 9.76. The number of carbonyl (C=O) groups is 1. The van der Waals surface area contributed by atoms with Crippen molar-refractivity contribution < 1.29 is 9.53 Å². The summed E-state index contributed by atoms with van der Waals surface area (Å²) in [5.74, 6) is 1.51. The molecule has 0 spiro atoms. The first kappa shape index (κ1) is 22.7. The number of amidine groups is 1. The highest BCUT2D eigenvalue weighted by Gasteiger charge is 2.34. The maximum Gasteiger partial charge on any atom is 0.299 e. The number of methoxy groups -OCH3 is 1. The Morgan fingerprint density at radius 1 is 1.31 bits per heavy atom. The fourth-order valence-corrected chi connectivity index (χ4v) is 5.27. The number of carbonyl (C=O) groups excluding carboxylic acids is 1. The number of rotatable bonds is 3. The number of fused-ring (bicyclic) bond motifs is 1. The summed E-state index contributed by atoms with van der Waals surface area (Å²) in [5.41, 5.74) is 7.80. The molecule has 4 rings (SSSR count). The summed E-state index contributed by atoms with van der Waals surface area (Å²) in [7, 11) is 3.41. The summed E-state index contributed by atoms with van der Waals surface area (Å²) < 4.78 is 5.30. The minimum Gasteiger partial charge on any atom is -0.495 e. The van der Waals surface area contributed by atoms with Gasteiger partial charge in [-0.2, -0.15) is 5.10 Å². The summed E-state index contributed by atoms with van der Waals surface area (Å²) in [6, 6.07) is 12.2. The van der Waals surface area contributed by atoms with Crippen LogP contribution >= 0.6 is 23.4 Å². The van der Waals surface area contributed by atoms with Gasteiger partial charge in [-0.1, -0.05) is 43.3 Å². The van der Waals surface area contributed by atoms with Gasteiger partial charge in [-0.3, -0.25) is 9.79 Å². The zero-order chi connectivity index (χ0) is 23.0. The molecule has 0 fully saturated rings. The van der Waals surface area contributed by atoms with Crippen LogP contribution in [-0.4, -0.2) is 42.7 Å². The van der Waals surface area contributed by atoms with Crippen molar-refractivity contribution in [1.82, 2.24) is 5.43 Å². The van der Waals surface area contributed by atoms with Crippen LogP contribution in [0.1, 0.15) is 43.9 Å². The Hall–Kier alpha value is -2.51. The lowest BCUT2D eigenvalue weighted by Crippen LogP contribution is -2.42. The lowest BCUT2D eigenvalue weighted by Gasteiger charge is -2.41. The van der Waals surface area contributed by atoms with E-state index >= 15 is 0 Å². The third kappa shape index (κ3) is 4.11. The topological polar surface area (TPSA) is 66.3 Å². The van der Waals surface area contributed by atoms with E-state index in [2.05, 4.69) is 52.5 Å². The van der Waals surface area contributed by atoms with Gasteiger partial charge in [0.2, 0.25) is 0 Å². The normalized spacial score (nSPS) is 20.4. The van der Waals surface area contributed by atoms with Crippen LogP contribution in [0.4, 0.5) is 10.5 Å². The van der Waals surface area contributed by atoms with Gasteiger partial charge in [0.1, 0.15) is 11.6 Å². The molecule has 0 saturated carbocycles. The first-order valence-corrected chi connectivity index (χ1v) is 11.8. The highest BCUT2D eigenvalue weighted by molar-refractivity contribution is 8.14.